The lowest BCUT2D eigenvalue weighted by Gasteiger charge is -2.21. The highest BCUT2D eigenvalue weighted by molar-refractivity contribution is 5.33. The predicted octanol–water partition coefficient (Wildman–Crippen LogP) is 3.26. The van der Waals surface area contributed by atoms with Crippen LogP contribution in [-0.2, 0) is 6.42 Å². The molecule has 0 bridgehead atoms. The maximum Gasteiger partial charge on any atom is 0.122 e. The third-order valence-electron chi connectivity index (χ3n) is 2.91. The normalized spacial score (nSPS) is 12.8. The number of hydrogen-bond acceptors (Lipinski definition) is 2. The van der Waals surface area contributed by atoms with Crippen molar-refractivity contribution in [2.45, 2.75) is 39.7 Å². The predicted molar refractivity (Wildman–Crippen MR) is 73.6 cm³/mol. The SMILES string of the molecule is CCNC(Cc1ccccc1OC)CC(C)C. The second-order valence-corrected chi connectivity index (χ2v) is 4.90. The molecule has 1 N–H and O–H groups in total. The molecular weight excluding hydrogens is 210 g/mol. The lowest BCUT2D eigenvalue weighted by molar-refractivity contribution is 0.393. The highest BCUT2D eigenvalue weighted by Crippen LogP contribution is 2.20. The zero-order chi connectivity index (χ0) is 12.7. The van der Waals surface area contributed by atoms with Gasteiger partial charge < -0.3 is 10.1 Å². The lowest BCUT2D eigenvalue weighted by atomic mass is 9.97. The zero-order valence-corrected chi connectivity index (χ0v) is 11.5. The van der Waals surface area contributed by atoms with E-state index in [4.69, 9.17) is 4.74 Å². The van der Waals surface area contributed by atoms with E-state index >= 15 is 0 Å². The van der Waals surface area contributed by atoms with Crippen molar-refractivity contribution in [1.82, 2.24) is 5.32 Å². The van der Waals surface area contributed by atoms with Gasteiger partial charge in [0, 0.05) is 6.04 Å². The van der Waals surface area contributed by atoms with E-state index in [2.05, 4.69) is 38.2 Å². The number of rotatable bonds is 7. The summed E-state index contributed by atoms with van der Waals surface area (Å²) in [6, 6.07) is 8.83. The van der Waals surface area contributed by atoms with Crippen molar-refractivity contribution < 1.29 is 4.74 Å². The fraction of sp³-hybridized carbons (Fsp3) is 0.600. The Labute approximate surface area is 105 Å². The van der Waals surface area contributed by atoms with Gasteiger partial charge in [-0.15, -0.1) is 0 Å². The van der Waals surface area contributed by atoms with Gasteiger partial charge in [-0.1, -0.05) is 39.0 Å². The molecule has 0 radical (unpaired) electrons. The molecule has 1 rings (SSSR count). The molecule has 0 aliphatic heterocycles. The van der Waals surface area contributed by atoms with Crippen molar-refractivity contribution in [2.24, 2.45) is 5.92 Å². The molecule has 0 aliphatic rings. The van der Waals surface area contributed by atoms with Crippen LogP contribution in [0.1, 0.15) is 32.8 Å². The summed E-state index contributed by atoms with van der Waals surface area (Å²) in [6.07, 6.45) is 2.24. The van der Waals surface area contributed by atoms with Crippen molar-refractivity contribution in [1.29, 1.82) is 0 Å². The minimum atomic E-state index is 0.538. The number of hydrogen-bond donors (Lipinski definition) is 1. The summed E-state index contributed by atoms with van der Waals surface area (Å²) >= 11 is 0. The second-order valence-electron chi connectivity index (χ2n) is 4.90. The number of methoxy groups -OCH3 is 1. The van der Waals surface area contributed by atoms with Gasteiger partial charge in [0.05, 0.1) is 7.11 Å². The minimum absolute atomic E-state index is 0.538. The fourth-order valence-corrected chi connectivity index (χ4v) is 2.23. The molecule has 1 aromatic carbocycles. The van der Waals surface area contributed by atoms with E-state index in [0.29, 0.717) is 12.0 Å². The van der Waals surface area contributed by atoms with Crippen molar-refractivity contribution >= 4 is 0 Å². The van der Waals surface area contributed by atoms with Crippen molar-refractivity contribution in [3.05, 3.63) is 29.8 Å². The van der Waals surface area contributed by atoms with Gasteiger partial charge in [0.1, 0.15) is 5.75 Å². The van der Waals surface area contributed by atoms with Crippen LogP contribution in [-0.4, -0.2) is 19.7 Å². The highest BCUT2D eigenvalue weighted by atomic mass is 16.5. The maximum atomic E-state index is 5.40. The summed E-state index contributed by atoms with van der Waals surface area (Å²) in [4.78, 5) is 0. The molecule has 0 saturated heterocycles. The van der Waals surface area contributed by atoms with Crippen LogP contribution in [0, 0.1) is 5.92 Å². The van der Waals surface area contributed by atoms with Gasteiger partial charge in [-0.25, -0.2) is 0 Å². The Bertz CT molecular complexity index is 322. The van der Waals surface area contributed by atoms with E-state index in [1.54, 1.807) is 7.11 Å². The Kier molecular flexibility index (Phi) is 6.06. The summed E-state index contributed by atoms with van der Waals surface area (Å²) in [6.45, 7) is 7.72. The molecule has 0 saturated carbocycles. The van der Waals surface area contributed by atoms with Crippen molar-refractivity contribution in [2.75, 3.05) is 13.7 Å². The van der Waals surface area contributed by atoms with Crippen molar-refractivity contribution in [3.63, 3.8) is 0 Å². The van der Waals surface area contributed by atoms with Crippen LogP contribution >= 0.6 is 0 Å². The van der Waals surface area contributed by atoms with Gasteiger partial charge in [0.25, 0.3) is 0 Å². The van der Waals surface area contributed by atoms with E-state index in [0.717, 1.165) is 18.7 Å². The molecule has 1 aromatic rings. The molecule has 0 spiro atoms. The molecule has 96 valence electrons. The zero-order valence-electron chi connectivity index (χ0n) is 11.5. The molecule has 0 amide bonds. The molecule has 2 heteroatoms. The molecule has 17 heavy (non-hydrogen) atoms. The number of benzene rings is 1. The third-order valence-corrected chi connectivity index (χ3v) is 2.91. The monoisotopic (exact) mass is 235 g/mol. The van der Waals surface area contributed by atoms with Crippen LogP contribution in [0.25, 0.3) is 0 Å². The number of nitrogens with one attached hydrogen (secondary N) is 1. The van der Waals surface area contributed by atoms with E-state index in [1.165, 1.54) is 12.0 Å². The van der Waals surface area contributed by atoms with Gasteiger partial charge in [-0.2, -0.15) is 0 Å². The molecular formula is C15H25NO. The molecule has 1 atom stereocenters. The molecule has 0 aliphatic carbocycles. The topological polar surface area (TPSA) is 21.3 Å². The highest BCUT2D eigenvalue weighted by Gasteiger charge is 2.12. The smallest absolute Gasteiger partial charge is 0.122 e. The first-order valence-corrected chi connectivity index (χ1v) is 6.52. The first-order valence-electron chi connectivity index (χ1n) is 6.52. The average Bonchev–Trinajstić information content (AvgIpc) is 2.29. The van der Waals surface area contributed by atoms with Gasteiger partial charge in [0.2, 0.25) is 0 Å². The Morgan fingerprint density at radius 1 is 1.24 bits per heavy atom. The fourth-order valence-electron chi connectivity index (χ4n) is 2.23. The minimum Gasteiger partial charge on any atom is -0.496 e. The molecule has 0 fully saturated rings. The van der Waals surface area contributed by atoms with E-state index in [9.17, 15) is 0 Å². The van der Waals surface area contributed by atoms with Gasteiger partial charge >= 0.3 is 0 Å². The van der Waals surface area contributed by atoms with Crippen LogP contribution in [0.5, 0.6) is 5.75 Å². The number of ether oxygens (including phenoxy) is 1. The summed E-state index contributed by atoms with van der Waals surface area (Å²) in [5, 5.41) is 3.56. The van der Waals surface area contributed by atoms with Crippen LogP contribution < -0.4 is 10.1 Å². The van der Waals surface area contributed by atoms with E-state index < -0.39 is 0 Å². The average molecular weight is 235 g/mol. The summed E-state index contributed by atoms with van der Waals surface area (Å²) in [5.41, 5.74) is 1.29. The largest absolute Gasteiger partial charge is 0.496 e. The van der Waals surface area contributed by atoms with Gasteiger partial charge in [0.15, 0.2) is 0 Å². The Hall–Kier alpha value is -1.02. The third kappa shape index (κ3) is 4.78. The maximum absolute atomic E-state index is 5.40. The Morgan fingerprint density at radius 3 is 2.53 bits per heavy atom. The molecule has 0 heterocycles. The molecule has 0 aromatic heterocycles. The van der Waals surface area contributed by atoms with Crippen molar-refractivity contribution in [3.8, 4) is 5.75 Å². The van der Waals surface area contributed by atoms with E-state index in [1.807, 2.05) is 12.1 Å². The van der Waals surface area contributed by atoms with Crippen LogP contribution in [0.3, 0.4) is 0 Å². The summed E-state index contributed by atoms with van der Waals surface area (Å²) in [5.74, 6) is 1.72. The first-order chi connectivity index (χ1) is 8.17. The van der Waals surface area contributed by atoms with E-state index in [-0.39, 0.29) is 0 Å². The van der Waals surface area contributed by atoms with Gasteiger partial charge in [-0.05, 0) is 36.9 Å². The second kappa shape index (κ2) is 7.33. The summed E-state index contributed by atoms with van der Waals surface area (Å²) in [7, 11) is 1.74. The summed E-state index contributed by atoms with van der Waals surface area (Å²) < 4.78 is 5.40. The number of likely N-dealkylation sites (N-methyl/N-ethyl adjacent to an activating group) is 1. The lowest BCUT2D eigenvalue weighted by Crippen LogP contribution is -2.32. The first kappa shape index (κ1) is 14.0. The Morgan fingerprint density at radius 2 is 1.94 bits per heavy atom. The molecule has 2 nitrogen and oxygen atoms in total. The van der Waals surface area contributed by atoms with Crippen LogP contribution in [0.15, 0.2) is 24.3 Å². The van der Waals surface area contributed by atoms with Crippen LogP contribution in [0.4, 0.5) is 0 Å². The molecule has 1 unspecified atom stereocenters. The quantitative estimate of drug-likeness (QED) is 0.783. The number of para-hydroxylation sites is 1. The Balaban J connectivity index is 2.70. The van der Waals surface area contributed by atoms with Crippen LogP contribution in [0.2, 0.25) is 0 Å². The van der Waals surface area contributed by atoms with Gasteiger partial charge in [-0.3, -0.25) is 0 Å². The standard InChI is InChI=1S/C15H25NO/c1-5-16-14(10-12(2)3)11-13-8-6-7-9-15(13)17-4/h6-9,12,14,16H,5,10-11H2,1-4H3.